The predicted molar refractivity (Wildman–Crippen MR) is 75.2 cm³/mol. The van der Waals surface area contributed by atoms with Crippen LogP contribution in [0.15, 0.2) is 23.1 Å². The number of carboxylic acids is 1. The van der Waals surface area contributed by atoms with E-state index in [4.69, 9.17) is 5.11 Å². The van der Waals surface area contributed by atoms with Crippen molar-refractivity contribution in [3.05, 3.63) is 29.3 Å². The number of thioether (sulfide) groups is 1. The molecule has 0 aliphatic heterocycles. The summed E-state index contributed by atoms with van der Waals surface area (Å²) in [4.78, 5) is 12.2. The van der Waals surface area contributed by atoms with Crippen molar-refractivity contribution in [1.29, 1.82) is 0 Å². The summed E-state index contributed by atoms with van der Waals surface area (Å²) in [7, 11) is 0. The topological polar surface area (TPSA) is 37.3 Å². The van der Waals surface area contributed by atoms with E-state index in [1.165, 1.54) is 16.0 Å². The van der Waals surface area contributed by atoms with Crippen molar-refractivity contribution in [2.45, 2.75) is 49.7 Å². The number of carbonyl (C=O) groups is 1. The molecule has 0 aromatic heterocycles. The van der Waals surface area contributed by atoms with E-state index in [1.807, 2.05) is 11.8 Å². The minimum absolute atomic E-state index is 0.110. The van der Waals surface area contributed by atoms with E-state index in [0.717, 1.165) is 25.7 Å². The number of hydrogen-bond donors (Lipinski definition) is 1. The normalized spacial score (nSPS) is 23.9. The van der Waals surface area contributed by atoms with Crippen LogP contribution in [0.25, 0.3) is 0 Å². The van der Waals surface area contributed by atoms with E-state index < -0.39 is 5.97 Å². The van der Waals surface area contributed by atoms with Crippen LogP contribution in [0.2, 0.25) is 0 Å². The minimum atomic E-state index is -0.621. The number of hydrogen-bond acceptors (Lipinski definition) is 2. The summed E-state index contributed by atoms with van der Waals surface area (Å²) in [5, 5.41) is 9.56. The molecule has 1 aliphatic carbocycles. The molecule has 0 atom stereocenters. The Morgan fingerprint density at radius 1 is 1.17 bits per heavy atom. The molecule has 1 saturated carbocycles. The van der Waals surface area contributed by atoms with Gasteiger partial charge in [-0.2, -0.15) is 0 Å². The standard InChI is InChI=1S/C15H20O2S/c1-10-3-6-14(9-11(10)2)18-13-7-4-12(5-8-13)15(16)17/h3,6,9,12-13H,4-5,7-8H2,1-2H3,(H,16,17). The average molecular weight is 264 g/mol. The van der Waals surface area contributed by atoms with Gasteiger partial charge in [-0.3, -0.25) is 4.79 Å². The van der Waals surface area contributed by atoms with Crippen LogP contribution in [0.3, 0.4) is 0 Å². The first kappa shape index (κ1) is 13.5. The number of carboxylic acid groups (broad SMARTS) is 1. The molecule has 98 valence electrons. The Morgan fingerprint density at radius 3 is 2.39 bits per heavy atom. The zero-order valence-corrected chi connectivity index (χ0v) is 11.8. The molecule has 1 aromatic rings. The Morgan fingerprint density at radius 2 is 1.83 bits per heavy atom. The lowest BCUT2D eigenvalue weighted by Gasteiger charge is -2.25. The number of aryl methyl sites for hydroxylation is 2. The Labute approximate surface area is 113 Å². The maximum Gasteiger partial charge on any atom is 0.306 e. The van der Waals surface area contributed by atoms with Gasteiger partial charge in [-0.05, 0) is 62.8 Å². The maximum atomic E-state index is 10.9. The quantitative estimate of drug-likeness (QED) is 0.895. The predicted octanol–water partition coefficient (Wildman–Crippen LogP) is 4.04. The molecule has 3 heteroatoms. The SMILES string of the molecule is Cc1ccc(SC2CCC(C(=O)O)CC2)cc1C. The molecule has 0 amide bonds. The maximum absolute atomic E-state index is 10.9. The summed E-state index contributed by atoms with van der Waals surface area (Å²) in [6.07, 6.45) is 3.71. The van der Waals surface area contributed by atoms with Gasteiger partial charge < -0.3 is 5.11 Å². The first-order valence-corrected chi connectivity index (χ1v) is 7.41. The summed E-state index contributed by atoms with van der Waals surface area (Å²) in [6, 6.07) is 6.58. The average Bonchev–Trinajstić information content (AvgIpc) is 2.34. The first-order chi connectivity index (χ1) is 8.56. The van der Waals surface area contributed by atoms with Gasteiger partial charge in [0.1, 0.15) is 0 Å². The van der Waals surface area contributed by atoms with Crippen molar-refractivity contribution in [2.75, 3.05) is 0 Å². The lowest BCUT2D eigenvalue weighted by molar-refractivity contribution is -0.142. The molecule has 1 N–H and O–H groups in total. The molecule has 0 spiro atoms. The Kier molecular flexibility index (Phi) is 4.33. The number of aliphatic carboxylic acids is 1. The summed E-state index contributed by atoms with van der Waals surface area (Å²) < 4.78 is 0. The highest BCUT2D eigenvalue weighted by Gasteiger charge is 2.26. The molecule has 1 aliphatic rings. The van der Waals surface area contributed by atoms with Crippen molar-refractivity contribution >= 4 is 17.7 Å². The van der Waals surface area contributed by atoms with Crippen LogP contribution in [0.5, 0.6) is 0 Å². The molecule has 1 aromatic carbocycles. The third-order valence-corrected chi connectivity index (χ3v) is 5.14. The van der Waals surface area contributed by atoms with Crippen LogP contribution in [-0.2, 0) is 4.79 Å². The highest BCUT2D eigenvalue weighted by molar-refractivity contribution is 8.00. The van der Waals surface area contributed by atoms with Gasteiger partial charge in [0, 0.05) is 10.1 Å². The molecule has 0 radical (unpaired) electrons. The number of rotatable bonds is 3. The van der Waals surface area contributed by atoms with Crippen molar-refractivity contribution < 1.29 is 9.90 Å². The number of benzene rings is 1. The minimum Gasteiger partial charge on any atom is -0.481 e. The van der Waals surface area contributed by atoms with E-state index >= 15 is 0 Å². The third-order valence-electron chi connectivity index (χ3n) is 3.80. The van der Waals surface area contributed by atoms with Gasteiger partial charge in [-0.25, -0.2) is 0 Å². The molecular formula is C15H20O2S. The second kappa shape index (κ2) is 5.79. The van der Waals surface area contributed by atoms with Crippen LogP contribution in [0, 0.1) is 19.8 Å². The van der Waals surface area contributed by atoms with Crippen LogP contribution < -0.4 is 0 Å². The van der Waals surface area contributed by atoms with Crippen molar-refractivity contribution in [1.82, 2.24) is 0 Å². The fourth-order valence-electron chi connectivity index (χ4n) is 2.41. The molecule has 0 saturated heterocycles. The zero-order chi connectivity index (χ0) is 13.1. The molecular weight excluding hydrogens is 244 g/mol. The second-order valence-corrected chi connectivity index (χ2v) is 6.55. The first-order valence-electron chi connectivity index (χ1n) is 6.53. The van der Waals surface area contributed by atoms with Gasteiger partial charge >= 0.3 is 5.97 Å². The van der Waals surface area contributed by atoms with Gasteiger partial charge in [-0.15, -0.1) is 11.8 Å². The molecule has 0 unspecified atom stereocenters. The van der Waals surface area contributed by atoms with Gasteiger partial charge in [0.25, 0.3) is 0 Å². The Balaban J connectivity index is 1.91. The van der Waals surface area contributed by atoms with Crippen molar-refractivity contribution in [2.24, 2.45) is 5.92 Å². The van der Waals surface area contributed by atoms with E-state index in [1.54, 1.807) is 0 Å². The molecule has 2 rings (SSSR count). The molecule has 0 heterocycles. The largest absolute Gasteiger partial charge is 0.481 e. The summed E-state index contributed by atoms with van der Waals surface area (Å²) in [5.41, 5.74) is 2.66. The van der Waals surface area contributed by atoms with E-state index in [-0.39, 0.29) is 5.92 Å². The van der Waals surface area contributed by atoms with Gasteiger partial charge in [0.05, 0.1) is 5.92 Å². The van der Waals surface area contributed by atoms with Crippen LogP contribution in [0.4, 0.5) is 0 Å². The van der Waals surface area contributed by atoms with Crippen LogP contribution >= 0.6 is 11.8 Å². The van der Waals surface area contributed by atoms with Gasteiger partial charge in [0.15, 0.2) is 0 Å². The smallest absolute Gasteiger partial charge is 0.306 e. The van der Waals surface area contributed by atoms with Crippen LogP contribution in [-0.4, -0.2) is 16.3 Å². The summed E-state index contributed by atoms with van der Waals surface area (Å²) in [5.74, 6) is -0.730. The highest BCUT2D eigenvalue weighted by atomic mass is 32.2. The highest BCUT2D eigenvalue weighted by Crippen LogP contribution is 2.36. The van der Waals surface area contributed by atoms with E-state index in [9.17, 15) is 4.79 Å². The monoisotopic (exact) mass is 264 g/mol. The fraction of sp³-hybridized carbons (Fsp3) is 0.533. The van der Waals surface area contributed by atoms with Gasteiger partial charge in [-0.1, -0.05) is 6.07 Å². The van der Waals surface area contributed by atoms with E-state index in [0.29, 0.717) is 5.25 Å². The zero-order valence-electron chi connectivity index (χ0n) is 11.0. The second-order valence-electron chi connectivity index (χ2n) is 5.18. The molecule has 1 fully saturated rings. The van der Waals surface area contributed by atoms with Crippen LogP contribution in [0.1, 0.15) is 36.8 Å². The van der Waals surface area contributed by atoms with Crippen molar-refractivity contribution in [3.8, 4) is 0 Å². The molecule has 0 bridgehead atoms. The summed E-state index contributed by atoms with van der Waals surface area (Å²) in [6.45, 7) is 4.27. The van der Waals surface area contributed by atoms with Gasteiger partial charge in [0.2, 0.25) is 0 Å². The lowest BCUT2D eigenvalue weighted by atomic mass is 9.89. The fourth-order valence-corrected chi connectivity index (χ4v) is 3.69. The Hall–Kier alpha value is -0.960. The lowest BCUT2D eigenvalue weighted by Crippen LogP contribution is -2.22. The molecule has 18 heavy (non-hydrogen) atoms. The van der Waals surface area contributed by atoms with E-state index in [2.05, 4.69) is 32.0 Å². The third kappa shape index (κ3) is 3.29. The molecule has 2 nitrogen and oxygen atoms in total. The van der Waals surface area contributed by atoms with Crippen molar-refractivity contribution in [3.63, 3.8) is 0 Å². The Bertz CT molecular complexity index is 434. The summed E-state index contributed by atoms with van der Waals surface area (Å²) >= 11 is 1.91.